The zero-order chi connectivity index (χ0) is 20.7. The number of hydrogen-bond acceptors (Lipinski definition) is 8. The van der Waals surface area contributed by atoms with Gasteiger partial charge in [-0.15, -0.1) is 0 Å². The molecule has 0 aromatic heterocycles. The highest BCUT2D eigenvalue weighted by atomic mass is 16.6. The van der Waals surface area contributed by atoms with E-state index in [1.54, 1.807) is 0 Å². The van der Waals surface area contributed by atoms with Crippen molar-refractivity contribution in [1.82, 2.24) is 0 Å². The van der Waals surface area contributed by atoms with E-state index in [4.69, 9.17) is 19.3 Å². The van der Waals surface area contributed by atoms with Gasteiger partial charge in [0.25, 0.3) is 0 Å². The maximum absolute atomic E-state index is 12.9. The molecule has 150 valence electrons. The van der Waals surface area contributed by atoms with Gasteiger partial charge in [0.15, 0.2) is 6.10 Å². The molecule has 0 unspecified atom stereocenters. The summed E-state index contributed by atoms with van der Waals surface area (Å²) in [7, 11) is 0. The van der Waals surface area contributed by atoms with Crippen molar-refractivity contribution < 1.29 is 38.5 Å². The summed E-state index contributed by atoms with van der Waals surface area (Å²) in [4.78, 5) is 47.7. The molecular formula is C19H26O8. The fourth-order valence-corrected chi connectivity index (χ4v) is 2.81. The summed E-state index contributed by atoms with van der Waals surface area (Å²) in [6.45, 7) is 6.87. The molecular weight excluding hydrogens is 356 g/mol. The van der Waals surface area contributed by atoms with Crippen molar-refractivity contribution >= 4 is 23.7 Å². The van der Waals surface area contributed by atoms with Gasteiger partial charge in [0.1, 0.15) is 12.7 Å². The molecule has 0 heterocycles. The maximum atomic E-state index is 12.9. The minimum atomic E-state index is -1.21. The van der Waals surface area contributed by atoms with Gasteiger partial charge in [-0.1, -0.05) is 13.8 Å². The van der Waals surface area contributed by atoms with Gasteiger partial charge in [-0.2, -0.15) is 0 Å². The fraction of sp³-hybridized carbons (Fsp3) is 0.579. The summed E-state index contributed by atoms with van der Waals surface area (Å²) in [5.74, 6) is -3.16. The van der Waals surface area contributed by atoms with Crippen LogP contribution >= 0.6 is 0 Å². The summed E-state index contributed by atoms with van der Waals surface area (Å²) >= 11 is 0. The summed E-state index contributed by atoms with van der Waals surface area (Å²) in [5, 5.41) is 8.92. The van der Waals surface area contributed by atoms with E-state index in [9.17, 15) is 19.2 Å². The van der Waals surface area contributed by atoms with Crippen LogP contribution in [-0.2, 0) is 33.4 Å². The van der Waals surface area contributed by atoms with Crippen molar-refractivity contribution in [2.24, 2.45) is 11.8 Å². The number of carbonyl (C=O) groups excluding carboxylic acids is 4. The molecule has 1 N–H and O–H groups in total. The van der Waals surface area contributed by atoms with Gasteiger partial charge < -0.3 is 19.3 Å². The van der Waals surface area contributed by atoms with Crippen LogP contribution in [0.1, 0.15) is 34.6 Å². The Bertz CT molecular complexity index is 659. The molecule has 1 aliphatic carbocycles. The lowest BCUT2D eigenvalue weighted by Crippen LogP contribution is -2.49. The van der Waals surface area contributed by atoms with Gasteiger partial charge >= 0.3 is 17.9 Å². The van der Waals surface area contributed by atoms with Crippen molar-refractivity contribution in [1.29, 1.82) is 0 Å². The highest BCUT2D eigenvalue weighted by molar-refractivity contribution is 6.02. The summed E-state index contributed by atoms with van der Waals surface area (Å²) in [5.41, 5.74) is 0.239. The van der Waals surface area contributed by atoms with Gasteiger partial charge in [0.2, 0.25) is 5.78 Å². The Hall–Kier alpha value is -2.48. The lowest BCUT2D eigenvalue weighted by molar-refractivity contribution is -0.164. The van der Waals surface area contributed by atoms with Crippen LogP contribution in [-0.4, -0.2) is 54.2 Å². The van der Waals surface area contributed by atoms with Gasteiger partial charge in [0, 0.05) is 30.9 Å². The minimum Gasteiger partial charge on any atom is -0.461 e. The van der Waals surface area contributed by atoms with E-state index < -0.39 is 41.8 Å². The van der Waals surface area contributed by atoms with E-state index in [0.29, 0.717) is 0 Å². The van der Waals surface area contributed by atoms with E-state index in [1.165, 1.54) is 32.9 Å². The third kappa shape index (κ3) is 6.32. The number of ether oxygens (including phenoxy) is 3. The number of rotatable bonds is 7. The number of aliphatic hydroxyl groups is 1. The third-order valence-electron chi connectivity index (χ3n) is 4.13. The number of carbonyl (C=O) groups is 4. The minimum absolute atomic E-state index is 0.0925. The Morgan fingerprint density at radius 3 is 2.26 bits per heavy atom. The van der Waals surface area contributed by atoms with Crippen molar-refractivity contribution in [2.45, 2.75) is 46.8 Å². The molecule has 27 heavy (non-hydrogen) atoms. The number of Topliss-reactive ketones (excluding diaryl/α,β-unsaturated/α-hetero) is 1. The topological polar surface area (TPSA) is 116 Å². The van der Waals surface area contributed by atoms with Crippen LogP contribution in [0.4, 0.5) is 0 Å². The zero-order valence-electron chi connectivity index (χ0n) is 16.2. The Kier molecular flexibility index (Phi) is 8.36. The second kappa shape index (κ2) is 10.0. The van der Waals surface area contributed by atoms with E-state index in [1.807, 2.05) is 13.8 Å². The number of aliphatic hydroxyl groups excluding tert-OH is 1. The van der Waals surface area contributed by atoms with Crippen molar-refractivity contribution in [3.8, 4) is 0 Å². The molecule has 0 saturated carbocycles. The Morgan fingerprint density at radius 2 is 1.78 bits per heavy atom. The molecule has 0 aliphatic heterocycles. The molecule has 0 aromatic rings. The normalized spacial score (nSPS) is 22.9. The van der Waals surface area contributed by atoms with Crippen molar-refractivity contribution in [3.63, 3.8) is 0 Å². The molecule has 0 fully saturated rings. The molecule has 0 spiro atoms. The maximum Gasteiger partial charge on any atom is 0.334 e. The van der Waals surface area contributed by atoms with Gasteiger partial charge in [0.05, 0.1) is 6.61 Å². The van der Waals surface area contributed by atoms with Crippen molar-refractivity contribution in [2.75, 3.05) is 13.2 Å². The SMILES string of the molecule is CC(=O)OCC1=C[C@@H](OC(C)=O)[C@@H](C(C)C)[C@H](OC(=O)/C(C)=C/CO)C1=O. The van der Waals surface area contributed by atoms with Crippen LogP contribution in [0.2, 0.25) is 0 Å². The zero-order valence-corrected chi connectivity index (χ0v) is 16.2. The predicted molar refractivity (Wildman–Crippen MR) is 94.3 cm³/mol. The lowest BCUT2D eigenvalue weighted by atomic mass is 9.77. The summed E-state index contributed by atoms with van der Waals surface area (Å²) < 4.78 is 15.6. The average molecular weight is 382 g/mol. The number of hydrogen-bond donors (Lipinski definition) is 1. The van der Waals surface area contributed by atoms with Gasteiger partial charge in [-0.3, -0.25) is 14.4 Å². The van der Waals surface area contributed by atoms with E-state index in [0.717, 1.165) is 0 Å². The highest BCUT2D eigenvalue weighted by Gasteiger charge is 2.45. The first-order valence-corrected chi connectivity index (χ1v) is 8.62. The van der Waals surface area contributed by atoms with Crippen molar-refractivity contribution in [3.05, 3.63) is 23.3 Å². The lowest BCUT2D eigenvalue weighted by Gasteiger charge is -2.37. The molecule has 8 heteroatoms. The molecule has 0 radical (unpaired) electrons. The Labute approximate surface area is 158 Å². The Morgan fingerprint density at radius 1 is 1.15 bits per heavy atom. The molecule has 0 bridgehead atoms. The molecule has 0 aromatic carbocycles. The third-order valence-corrected chi connectivity index (χ3v) is 4.13. The quantitative estimate of drug-likeness (QED) is 0.395. The van der Waals surface area contributed by atoms with Crippen LogP contribution in [0.3, 0.4) is 0 Å². The number of esters is 3. The molecule has 1 rings (SSSR count). The second-order valence-electron chi connectivity index (χ2n) is 6.63. The fourth-order valence-electron chi connectivity index (χ4n) is 2.81. The molecule has 0 saturated heterocycles. The number of ketones is 1. The average Bonchev–Trinajstić information content (AvgIpc) is 2.55. The first-order chi connectivity index (χ1) is 12.6. The standard InChI is InChI=1S/C19H26O8/c1-10(2)16-15(26-13(5)22)8-14(9-25-12(4)21)17(23)18(16)27-19(24)11(3)6-7-20/h6,8,10,15-16,18,20H,7,9H2,1-5H3/b11-6+/t15-,16-,18+/m1/s1. The molecule has 3 atom stereocenters. The van der Waals surface area contributed by atoms with Gasteiger partial charge in [-0.25, -0.2) is 4.79 Å². The van der Waals surface area contributed by atoms with Crippen LogP contribution in [0.5, 0.6) is 0 Å². The van der Waals surface area contributed by atoms with Crippen LogP contribution in [0.15, 0.2) is 23.3 Å². The summed E-state index contributed by atoms with van der Waals surface area (Å²) in [6, 6.07) is 0. The summed E-state index contributed by atoms with van der Waals surface area (Å²) in [6.07, 6.45) is 0.683. The largest absolute Gasteiger partial charge is 0.461 e. The Balaban J connectivity index is 3.25. The molecule has 0 amide bonds. The van der Waals surface area contributed by atoms with E-state index in [2.05, 4.69) is 0 Å². The molecule has 8 nitrogen and oxygen atoms in total. The molecule has 1 aliphatic rings. The van der Waals surface area contributed by atoms with E-state index in [-0.39, 0.29) is 30.3 Å². The van der Waals surface area contributed by atoms with E-state index >= 15 is 0 Å². The van der Waals surface area contributed by atoms with Gasteiger partial charge in [-0.05, 0) is 25.0 Å². The predicted octanol–water partition coefficient (Wildman–Crippen LogP) is 1.11. The van der Waals surface area contributed by atoms with Crippen LogP contribution in [0, 0.1) is 11.8 Å². The first kappa shape index (κ1) is 22.6. The first-order valence-electron chi connectivity index (χ1n) is 8.62. The smallest absolute Gasteiger partial charge is 0.334 e. The highest BCUT2D eigenvalue weighted by Crippen LogP contribution is 2.33. The second-order valence-corrected chi connectivity index (χ2v) is 6.63. The van der Waals surface area contributed by atoms with Crippen LogP contribution < -0.4 is 0 Å². The van der Waals surface area contributed by atoms with Crippen LogP contribution in [0.25, 0.3) is 0 Å². The monoisotopic (exact) mass is 382 g/mol.